The van der Waals surface area contributed by atoms with Crippen LogP contribution in [0.3, 0.4) is 0 Å². The maximum absolute atomic E-state index is 13.5. The third-order valence-electron chi connectivity index (χ3n) is 5.87. The number of nitrogens with zero attached hydrogens (tertiary/aromatic N) is 3. The molecular weight excluding hydrogens is 400 g/mol. The number of hydroxylamine groups is 1. The summed E-state index contributed by atoms with van der Waals surface area (Å²) in [6.45, 7) is 0. The lowest BCUT2D eigenvalue weighted by Gasteiger charge is -2.23. The summed E-state index contributed by atoms with van der Waals surface area (Å²) in [5, 5.41) is 0. The molecule has 1 N–H and O–H groups in total. The van der Waals surface area contributed by atoms with E-state index in [0.29, 0.717) is 12.0 Å². The molecule has 0 radical (unpaired) electrons. The molecule has 1 unspecified atom stereocenters. The molecule has 2 heterocycles. The summed E-state index contributed by atoms with van der Waals surface area (Å²) >= 11 is 0. The first-order chi connectivity index (χ1) is 15.7. The lowest BCUT2D eigenvalue weighted by atomic mass is 10.0. The number of benzene rings is 3. The van der Waals surface area contributed by atoms with Crippen LogP contribution in [-0.4, -0.2) is 27.5 Å². The Labute approximate surface area is 186 Å². The van der Waals surface area contributed by atoms with E-state index in [9.17, 15) is 4.79 Å². The number of hydrogen-bond acceptors (Lipinski definition) is 4. The molecule has 0 bridgehead atoms. The first kappa shape index (κ1) is 20.0. The molecule has 1 aliphatic rings. The summed E-state index contributed by atoms with van der Waals surface area (Å²) in [5.41, 5.74) is 8.51. The number of carbonyl (C=O) groups is 1. The van der Waals surface area contributed by atoms with Crippen molar-refractivity contribution < 1.29 is 9.63 Å². The van der Waals surface area contributed by atoms with E-state index in [-0.39, 0.29) is 11.9 Å². The van der Waals surface area contributed by atoms with Gasteiger partial charge >= 0.3 is 0 Å². The molecule has 0 saturated carbocycles. The van der Waals surface area contributed by atoms with Crippen LogP contribution in [0.15, 0.2) is 90.8 Å². The quantitative estimate of drug-likeness (QED) is 0.467. The minimum absolute atomic E-state index is 0.0745. The number of carbonyl (C=O) groups excluding carboxylic acids is 1. The average molecular weight is 425 g/mol. The van der Waals surface area contributed by atoms with Crippen molar-refractivity contribution in [2.75, 3.05) is 7.11 Å². The molecule has 160 valence electrons. The zero-order valence-electron chi connectivity index (χ0n) is 18.0. The highest BCUT2D eigenvalue weighted by Crippen LogP contribution is 2.35. The maximum atomic E-state index is 13.5. The van der Waals surface area contributed by atoms with Gasteiger partial charge in [-0.2, -0.15) is 0 Å². The van der Waals surface area contributed by atoms with Gasteiger partial charge in [-0.25, -0.2) is 4.98 Å². The Hall–Kier alpha value is -3.90. The fourth-order valence-electron chi connectivity index (χ4n) is 4.28. The van der Waals surface area contributed by atoms with Crippen LogP contribution in [0.2, 0.25) is 0 Å². The molecule has 1 aromatic heterocycles. The van der Waals surface area contributed by atoms with Crippen LogP contribution in [0.1, 0.15) is 28.6 Å². The van der Waals surface area contributed by atoms with Crippen molar-refractivity contribution in [2.24, 2.45) is 7.05 Å². The fourth-order valence-corrected chi connectivity index (χ4v) is 4.28. The molecule has 0 fully saturated rings. The summed E-state index contributed by atoms with van der Waals surface area (Å²) in [6.07, 6.45) is 2.42. The zero-order valence-corrected chi connectivity index (χ0v) is 18.0. The van der Waals surface area contributed by atoms with Gasteiger partial charge in [-0.3, -0.25) is 15.1 Å². The van der Waals surface area contributed by atoms with E-state index in [4.69, 9.17) is 9.82 Å². The van der Waals surface area contributed by atoms with Crippen LogP contribution in [0.25, 0.3) is 22.2 Å². The number of hydrogen-bond donors (Lipinski definition) is 1. The van der Waals surface area contributed by atoms with E-state index in [2.05, 4.69) is 22.2 Å². The Morgan fingerprint density at radius 1 is 0.969 bits per heavy atom. The van der Waals surface area contributed by atoms with Crippen LogP contribution >= 0.6 is 0 Å². The molecule has 32 heavy (non-hydrogen) atoms. The molecule has 1 atom stereocenters. The monoisotopic (exact) mass is 424 g/mol. The van der Waals surface area contributed by atoms with E-state index in [1.165, 1.54) is 0 Å². The lowest BCUT2D eigenvalue weighted by molar-refractivity contribution is 0.0777. The summed E-state index contributed by atoms with van der Waals surface area (Å²) in [4.78, 5) is 25.2. The molecule has 5 rings (SSSR count). The third-order valence-corrected chi connectivity index (χ3v) is 5.87. The summed E-state index contributed by atoms with van der Waals surface area (Å²) in [7, 11) is 3.56. The lowest BCUT2D eigenvalue weighted by Crippen LogP contribution is -2.29. The number of rotatable bonds is 5. The molecule has 4 aromatic rings. The Morgan fingerprint density at radius 3 is 2.38 bits per heavy atom. The Balaban J connectivity index is 1.48. The molecule has 0 spiro atoms. The Kier molecular flexibility index (Phi) is 5.21. The number of imidazole rings is 1. The standard InChI is InChI=1S/C26H24N4O2/c1-29-23-11-7-6-10-22(23)27-25(29)24-16-21(28-32-2)17-30(24)26(31)20-14-12-19(13-15-20)18-8-4-3-5-9-18/h3-15,17,24,28H,16H2,1-2H3. The van der Waals surface area contributed by atoms with Gasteiger partial charge in [-0.1, -0.05) is 54.6 Å². The van der Waals surface area contributed by atoms with Gasteiger partial charge in [0.15, 0.2) is 0 Å². The first-order valence-corrected chi connectivity index (χ1v) is 10.5. The Bertz CT molecular complexity index is 1290. The van der Waals surface area contributed by atoms with Gasteiger partial charge in [0.1, 0.15) is 11.9 Å². The summed E-state index contributed by atoms with van der Waals surface area (Å²) in [6, 6.07) is 25.6. The van der Waals surface area contributed by atoms with Gasteiger partial charge in [-0.15, -0.1) is 0 Å². The van der Waals surface area contributed by atoms with Gasteiger partial charge in [0.05, 0.1) is 23.8 Å². The highest BCUT2D eigenvalue weighted by Gasteiger charge is 2.34. The van der Waals surface area contributed by atoms with Crippen LogP contribution in [-0.2, 0) is 11.9 Å². The SMILES string of the molecule is CONC1=CN(C(=O)c2ccc(-c3ccccc3)cc2)C(c2nc3ccccc3n2C)C1. The molecule has 3 aromatic carbocycles. The molecule has 0 saturated heterocycles. The number of aryl methyl sites for hydroxylation is 1. The van der Waals surface area contributed by atoms with Gasteiger partial charge in [0, 0.05) is 25.2 Å². The second-order valence-corrected chi connectivity index (χ2v) is 7.85. The third kappa shape index (κ3) is 3.55. The number of fused-ring (bicyclic) bond motifs is 1. The summed E-state index contributed by atoms with van der Waals surface area (Å²) < 4.78 is 2.06. The number of amides is 1. The van der Waals surface area contributed by atoms with Gasteiger partial charge in [0.2, 0.25) is 0 Å². The van der Waals surface area contributed by atoms with E-state index in [1.54, 1.807) is 12.0 Å². The van der Waals surface area contributed by atoms with Crippen molar-refractivity contribution in [2.45, 2.75) is 12.5 Å². The van der Waals surface area contributed by atoms with E-state index < -0.39 is 0 Å². The van der Waals surface area contributed by atoms with Crippen molar-refractivity contribution in [1.82, 2.24) is 19.9 Å². The number of nitrogens with one attached hydrogen (secondary N) is 1. The smallest absolute Gasteiger partial charge is 0.258 e. The van der Waals surface area contributed by atoms with Gasteiger partial charge in [0.25, 0.3) is 5.91 Å². The van der Waals surface area contributed by atoms with Crippen molar-refractivity contribution >= 4 is 16.9 Å². The molecule has 1 aliphatic heterocycles. The van der Waals surface area contributed by atoms with Gasteiger partial charge < -0.3 is 9.47 Å². The fraction of sp³-hybridized carbons (Fsp3) is 0.154. The number of aromatic nitrogens is 2. The first-order valence-electron chi connectivity index (χ1n) is 10.5. The minimum atomic E-state index is -0.230. The van der Waals surface area contributed by atoms with Crippen LogP contribution in [0.5, 0.6) is 0 Å². The molecule has 6 nitrogen and oxygen atoms in total. The predicted molar refractivity (Wildman–Crippen MR) is 124 cm³/mol. The maximum Gasteiger partial charge on any atom is 0.258 e. The predicted octanol–water partition coefficient (Wildman–Crippen LogP) is 4.82. The second-order valence-electron chi connectivity index (χ2n) is 7.85. The average Bonchev–Trinajstić information content (AvgIpc) is 3.40. The topological polar surface area (TPSA) is 59.4 Å². The van der Waals surface area contributed by atoms with E-state index in [0.717, 1.165) is 33.7 Å². The van der Waals surface area contributed by atoms with Crippen molar-refractivity contribution in [3.05, 3.63) is 102 Å². The highest BCUT2D eigenvalue weighted by molar-refractivity contribution is 5.96. The highest BCUT2D eigenvalue weighted by atomic mass is 16.6. The summed E-state index contributed by atoms with van der Waals surface area (Å²) in [5.74, 6) is 0.763. The largest absolute Gasteiger partial charge is 0.329 e. The molecule has 6 heteroatoms. The zero-order chi connectivity index (χ0) is 22.1. The molecule has 0 aliphatic carbocycles. The number of para-hydroxylation sites is 2. The minimum Gasteiger partial charge on any atom is -0.329 e. The van der Waals surface area contributed by atoms with Crippen LogP contribution in [0.4, 0.5) is 0 Å². The van der Waals surface area contributed by atoms with Crippen LogP contribution in [0, 0.1) is 0 Å². The Morgan fingerprint density at radius 2 is 1.66 bits per heavy atom. The van der Waals surface area contributed by atoms with Crippen molar-refractivity contribution in [3.8, 4) is 11.1 Å². The van der Waals surface area contributed by atoms with Crippen molar-refractivity contribution in [1.29, 1.82) is 0 Å². The molecular formula is C26H24N4O2. The normalized spacial score (nSPS) is 15.8. The van der Waals surface area contributed by atoms with E-state index in [1.807, 2.05) is 80.0 Å². The van der Waals surface area contributed by atoms with Crippen LogP contribution < -0.4 is 5.48 Å². The van der Waals surface area contributed by atoms with Crippen molar-refractivity contribution in [3.63, 3.8) is 0 Å². The van der Waals surface area contributed by atoms with E-state index >= 15 is 0 Å². The molecule has 1 amide bonds. The van der Waals surface area contributed by atoms with Gasteiger partial charge in [-0.05, 0) is 35.4 Å². The second kappa shape index (κ2) is 8.32.